The smallest absolute Gasteiger partial charge is 0.0220 e. The third-order valence-electron chi connectivity index (χ3n) is 2.43. The molecule has 0 heterocycles. The summed E-state index contributed by atoms with van der Waals surface area (Å²) >= 11 is 0. The van der Waals surface area contributed by atoms with Crippen molar-refractivity contribution in [3.8, 4) is 0 Å². The van der Waals surface area contributed by atoms with Gasteiger partial charge in [-0.15, -0.1) is 0 Å². The molecule has 0 N–H and O–H groups in total. The molecule has 3 heteroatoms. The number of benzene rings is 2. The lowest BCUT2D eigenvalue weighted by Crippen LogP contribution is -1.75. The van der Waals surface area contributed by atoms with Crippen molar-refractivity contribution in [2.45, 2.75) is 23.6 Å². The molecule has 0 bridgehead atoms. The monoisotopic (exact) mass is 278 g/mol. The quantitative estimate of drug-likeness (QED) is 0.653. The Labute approximate surface area is 114 Å². The summed E-state index contributed by atoms with van der Waals surface area (Å²) < 4.78 is 0. The number of hydrogen-bond donors (Lipinski definition) is 0. The van der Waals surface area contributed by atoms with Gasteiger partial charge in [0.05, 0.1) is 0 Å². The van der Waals surface area contributed by atoms with Gasteiger partial charge in [-0.3, -0.25) is 0 Å². The van der Waals surface area contributed by atoms with Crippen molar-refractivity contribution in [3.05, 3.63) is 59.7 Å². The minimum atomic E-state index is 1.34. The van der Waals surface area contributed by atoms with Gasteiger partial charge in [0.15, 0.2) is 0 Å². The summed E-state index contributed by atoms with van der Waals surface area (Å²) in [6.07, 6.45) is 0. The lowest BCUT2D eigenvalue weighted by atomic mass is 10.2. The van der Waals surface area contributed by atoms with Crippen LogP contribution in [0.4, 0.5) is 0 Å². The van der Waals surface area contributed by atoms with Gasteiger partial charge >= 0.3 is 0 Å². The summed E-state index contributed by atoms with van der Waals surface area (Å²) in [6, 6.07) is 17.0. The van der Waals surface area contributed by atoms with E-state index in [9.17, 15) is 0 Å². The van der Waals surface area contributed by atoms with E-state index < -0.39 is 0 Å². The molecule has 0 aliphatic heterocycles. The first kappa shape index (κ1) is 12.9. The van der Waals surface area contributed by atoms with Crippen LogP contribution in [0, 0.1) is 13.8 Å². The van der Waals surface area contributed by atoms with Crippen molar-refractivity contribution in [2.24, 2.45) is 0 Å². The zero-order valence-corrected chi connectivity index (χ0v) is 12.3. The number of aryl methyl sites for hydroxylation is 2. The average molecular weight is 278 g/mol. The first-order valence-electron chi connectivity index (χ1n) is 5.40. The Morgan fingerprint density at radius 2 is 1.06 bits per heavy atom. The SMILES string of the molecule is Cc1ccccc1SSSc1ccccc1C. The molecule has 0 unspecified atom stereocenters. The topological polar surface area (TPSA) is 0 Å². The van der Waals surface area contributed by atoms with Gasteiger partial charge < -0.3 is 0 Å². The number of rotatable bonds is 4. The third-order valence-corrected chi connectivity index (χ3v) is 6.56. The zero-order chi connectivity index (χ0) is 12.1. The van der Waals surface area contributed by atoms with Gasteiger partial charge in [-0.2, -0.15) is 0 Å². The molecule has 0 saturated carbocycles. The molecule has 0 aliphatic rings. The molecule has 0 fully saturated rings. The van der Waals surface area contributed by atoms with E-state index in [4.69, 9.17) is 0 Å². The molecule has 0 radical (unpaired) electrons. The van der Waals surface area contributed by atoms with Gasteiger partial charge in [0.2, 0.25) is 0 Å². The lowest BCUT2D eigenvalue weighted by molar-refractivity contribution is 1.31. The largest absolute Gasteiger partial charge is 0.0619 e. The fourth-order valence-corrected chi connectivity index (χ4v) is 5.53. The van der Waals surface area contributed by atoms with Gasteiger partial charge in [0.1, 0.15) is 0 Å². The molecule has 0 amide bonds. The summed E-state index contributed by atoms with van der Waals surface area (Å²) in [4.78, 5) is 2.69. The van der Waals surface area contributed by atoms with E-state index in [0.717, 1.165) is 0 Å². The van der Waals surface area contributed by atoms with Gasteiger partial charge in [0, 0.05) is 9.79 Å². The summed E-state index contributed by atoms with van der Waals surface area (Å²) in [5, 5.41) is 0. The summed E-state index contributed by atoms with van der Waals surface area (Å²) in [5.74, 6) is 0. The molecular formula is C14H14S3. The molecule has 0 aromatic heterocycles. The standard InChI is InChI=1S/C14H14S3/c1-11-7-3-5-9-13(11)15-17-16-14-10-6-4-8-12(14)2/h3-10H,1-2H3. The first-order valence-corrected chi connectivity index (χ1v) is 8.88. The Kier molecular flexibility index (Phi) is 4.89. The molecular weight excluding hydrogens is 264 g/mol. The Bertz CT molecular complexity index is 449. The minimum Gasteiger partial charge on any atom is -0.0619 e. The van der Waals surface area contributed by atoms with Crippen LogP contribution in [-0.4, -0.2) is 0 Å². The molecule has 0 spiro atoms. The highest BCUT2D eigenvalue weighted by Gasteiger charge is 2.01. The highest BCUT2D eigenvalue weighted by molar-refractivity contribution is 9.09. The van der Waals surface area contributed by atoms with Crippen molar-refractivity contribution < 1.29 is 0 Å². The second kappa shape index (κ2) is 6.43. The second-order valence-electron chi connectivity index (χ2n) is 3.77. The van der Waals surface area contributed by atoms with Crippen LogP contribution in [0.25, 0.3) is 0 Å². The van der Waals surface area contributed by atoms with Gasteiger partial charge in [-0.1, -0.05) is 36.4 Å². The highest BCUT2D eigenvalue weighted by atomic mass is 33.5. The van der Waals surface area contributed by atoms with Crippen LogP contribution in [0.15, 0.2) is 58.3 Å². The maximum Gasteiger partial charge on any atom is 0.0220 e. The Morgan fingerprint density at radius 1 is 0.647 bits per heavy atom. The van der Waals surface area contributed by atoms with Crippen LogP contribution in [0.1, 0.15) is 11.1 Å². The van der Waals surface area contributed by atoms with Gasteiger partial charge in [-0.05, 0) is 68.5 Å². The molecule has 0 aliphatic carbocycles. The summed E-state index contributed by atoms with van der Waals surface area (Å²) in [7, 11) is 5.48. The van der Waals surface area contributed by atoms with Gasteiger partial charge in [0.25, 0.3) is 0 Å². The Hall–Kier alpha value is -0.510. The van der Waals surface area contributed by atoms with Crippen molar-refractivity contribution in [1.29, 1.82) is 0 Å². The summed E-state index contributed by atoms with van der Waals surface area (Å²) in [5.41, 5.74) is 2.69. The average Bonchev–Trinajstić information content (AvgIpc) is 2.34. The van der Waals surface area contributed by atoms with Crippen LogP contribution in [0.5, 0.6) is 0 Å². The van der Waals surface area contributed by atoms with E-state index in [2.05, 4.69) is 62.4 Å². The van der Waals surface area contributed by atoms with Crippen molar-refractivity contribution >= 4 is 31.4 Å². The van der Waals surface area contributed by atoms with Crippen LogP contribution in [-0.2, 0) is 0 Å². The minimum absolute atomic E-state index is 1.34. The highest BCUT2D eigenvalue weighted by Crippen LogP contribution is 2.45. The molecule has 0 saturated heterocycles. The van der Waals surface area contributed by atoms with Crippen molar-refractivity contribution in [3.63, 3.8) is 0 Å². The van der Waals surface area contributed by atoms with Crippen LogP contribution in [0.3, 0.4) is 0 Å². The molecule has 0 atom stereocenters. The lowest BCUT2D eigenvalue weighted by Gasteiger charge is -2.05. The maximum atomic E-state index is 2.17. The van der Waals surface area contributed by atoms with Crippen LogP contribution < -0.4 is 0 Å². The Morgan fingerprint density at radius 3 is 1.47 bits per heavy atom. The molecule has 0 nitrogen and oxygen atoms in total. The van der Waals surface area contributed by atoms with E-state index in [1.54, 1.807) is 0 Å². The Balaban J connectivity index is 1.93. The van der Waals surface area contributed by atoms with Crippen LogP contribution in [0.2, 0.25) is 0 Å². The maximum absolute atomic E-state index is 2.17. The predicted molar refractivity (Wildman–Crippen MR) is 81.7 cm³/mol. The zero-order valence-electron chi connectivity index (χ0n) is 9.84. The van der Waals surface area contributed by atoms with Crippen LogP contribution >= 0.6 is 31.4 Å². The van der Waals surface area contributed by atoms with Gasteiger partial charge in [-0.25, -0.2) is 0 Å². The first-order chi connectivity index (χ1) is 8.27. The molecule has 2 aromatic carbocycles. The molecule has 17 heavy (non-hydrogen) atoms. The van der Waals surface area contributed by atoms with E-state index in [1.807, 2.05) is 31.4 Å². The van der Waals surface area contributed by atoms with E-state index in [1.165, 1.54) is 20.9 Å². The van der Waals surface area contributed by atoms with E-state index >= 15 is 0 Å². The predicted octanol–water partition coefficient (Wildman–Crippen LogP) is 5.75. The molecule has 2 rings (SSSR count). The second-order valence-corrected chi connectivity index (χ2v) is 7.75. The van der Waals surface area contributed by atoms with Crippen molar-refractivity contribution in [2.75, 3.05) is 0 Å². The summed E-state index contributed by atoms with van der Waals surface area (Å²) in [6.45, 7) is 4.31. The fraction of sp³-hybridized carbons (Fsp3) is 0.143. The van der Waals surface area contributed by atoms with E-state index in [-0.39, 0.29) is 0 Å². The molecule has 2 aromatic rings. The number of hydrogen-bond acceptors (Lipinski definition) is 3. The van der Waals surface area contributed by atoms with E-state index in [0.29, 0.717) is 0 Å². The molecule has 88 valence electrons. The van der Waals surface area contributed by atoms with Crippen molar-refractivity contribution in [1.82, 2.24) is 0 Å². The fourth-order valence-electron chi connectivity index (χ4n) is 1.39. The normalized spacial score (nSPS) is 10.5. The third kappa shape index (κ3) is 3.73.